The Morgan fingerprint density at radius 1 is 0.833 bits per heavy atom. The first-order valence-electron chi connectivity index (χ1n) is 18.4. The van der Waals surface area contributed by atoms with Crippen molar-refractivity contribution >= 4 is 41.3 Å². The van der Waals surface area contributed by atoms with Crippen molar-refractivity contribution in [2.45, 2.75) is 51.6 Å². The molecule has 0 saturated heterocycles. The quantitative estimate of drug-likeness (QED) is 0.0526. The summed E-state index contributed by atoms with van der Waals surface area (Å²) in [5.74, 6) is -0.424. The Morgan fingerprint density at radius 3 is 2.31 bits per heavy atom. The summed E-state index contributed by atoms with van der Waals surface area (Å²) in [6.45, 7) is 2.78. The Balaban J connectivity index is 1.20. The van der Waals surface area contributed by atoms with E-state index in [-0.39, 0.29) is 24.8 Å². The number of aromatic amines is 2. The third kappa shape index (κ3) is 9.81. The summed E-state index contributed by atoms with van der Waals surface area (Å²) in [4.78, 5) is 46.4. The van der Waals surface area contributed by atoms with Gasteiger partial charge < -0.3 is 20.5 Å². The summed E-state index contributed by atoms with van der Waals surface area (Å²) in [5.41, 5.74) is 6.67. The minimum absolute atomic E-state index is 0.181. The lowest BCUT2D eigenvalue weighted by Gasteiger charge is -2.28. The number of carbonyl (C=O) groups is 3. The van der Waals surface area contributed by atoms with E-state index in [9.17, 15) is 14.4 Å². The lowest BCUT2D eigenvalue weighted by atomic mass is 9.98. The molecule has 0 fully saturated rings. The van der Waals surface area contributed by atoms with Crippen LogP contribution in [0.1, 0.15) is 42.9 Å². The van der Waals surface area contributed by atoms with Gasteiger partial charge in [0.25, 0.3) is 0 Å². The first kappa shape index (κ1) is 38.0. The maximum Gasteiger partial charge on any atom is 0.245 e. The number of hydrogen-bond acceptors (Lipinski definition) is 7. The van der Waals surface area contributed by atoms with Crippen molar-refractivity contribution in [1.82, 2.24) is 41.1 Å². The molecule has 11 nitrogen and oxygen atoms in total. The number of H-pyrrole nitrogens is 2. The molecule has 4 N–H and O–H groups in total. The normalized spacial score (nSPS) is 12.3. The molecule has 2 aromatic heterocycles. The van der Waals surface area contributed by atoms with Gasteiger partial charge in [0.1, 0.15) is 6.04 Å². The van der Waals surface area contributed by atoms with Crippen LogP contribution in [0.2, 0.25) is 0 Å². The number of amides is 3. The number of carbonyl (C=O) groups excluding carboxylic acids is 3. The molecule has 2 atom stereocenters. The molecule has 12 heteroatoms. The van der Waals surface area contributed by atoms with Gasteiger partial charge in [-0.1, -0.05) is 117 Å². The van der Waals surface area contributed by atoms with Crippen LogP contribution in [0, 0.1) is 5.92 Å². The number of hydrogen-bond donors (Lipinski definition) is 5. The third-order valence-corrected chi connectivity index (χ3v) is 10.0. The van der Waals surface area contributed by atoms with E-state index in [4.69, 9.17) is 0 Å². The molecule has 4 aromatic carbocycles. The highest BCUT2D eigenvalue weighted by atomic mass is 32.1. The molecule has 278 valence electrons. The second kappa shape index (κ2) is 18.8. The molecule has 0 aliphatic rings. The highest BCUT2D eigenvalue weighted by Gasteiger charge is 2.28. The molecule has 3 amide bonds. The Labute approximate surface area is 320 Å². The van der Waals surface area contributed by atoms with Crippen LogP contribution in [0.4, 0.5) is 0 Å². The Hall–Kier alpha value is -5.75. The van der Waals surface area contributed by atoms with Gasteiger partial charge in [0.15, 0.2) is 0 Å². The predicted octanol–water partition coefficient (Wildman–Crippen LogP) is 6.17. The van der Waals surface area contributed by atoms with Gasteiger partial charge in [-0.15, -0.1) is 10.2 Å². The number of aromatic nitrogens is 5. The van der Waals surface area contributed by atoms with Crippen LogP contribution < -0.4 is 10.6 Å². The Bertz CT molecular complexity index is 2120. The summed E-state index contributed by atoms with van der Waals surface area (Å²) in [6.07, 6.45) is 5.49. The number of nitrogens with zero attached hydrogens (tertiary/aromatic N) is 4. The zero-order valence-corrected chi connectivity index (χ0v) is 31.3. The van der Waals surface area contributed by atoms with Gasteiger partial charge in [0.2, 0.25) is 23.5 Å². The fourth-order valence-corrected chi connectivity index (χ4v) is 6.97. The minimum atomic E-state index is -0.860. The van der Waals surface area contributed by atoms with Gasteiger partial charge in [0.05, 0.1) is 12.5 Å². The van der Waals surface area contributed by atoms with Crippen LogP contribution in [0.3, 0.4) is 0 Å². The molecule has 2 heterocycles. The van der Waals surface area contributed by atoms with Crippen LogP contribution >= 0.6 is 12.6 Å². The molecule has 0 aliphatic carbocycles. The first-order valence-corrected chi connectivity index (χ1v) is 19.0. The van der Waals surface area contributed by atoms with Gasteiger partial charge in [0, 0.05) is 47.9 Å². The maximum atomic E-state index is 14.6. The topological polar surface area (TPSA) is 149 Å². The van der Waals surface area contributed by atoms with Crippen molar-refractivity contribution in [2.24, 2.45) is 5.92 Å². The minimum Gasteiger partial charge on any atom is -0.361 e. The summed E-state index contributed by atoms with van der Waals surface area (Å²) >= 11 is 4.41. The first-order chi connectivity index (χ1) is 26.4. The average molecular weight is 743 g/mol. The Morgan fingerprint density at radius 2 is 1.57 bits per heavy atom. The van der Waals surface area contributed by atoms with Gasteiger partial charge in [-0.2, -0.15) is 17.8 Å². The molecule has 6 aromatic rings. The molecule has 0 aliphatic heterocycles. The summed E-state index contributed by atoms with van der Waals surface area (Å²) in [5, 5.41) is 21.3. The van der Waals surface area contributed by atoms with E-state index in [0.717, 1.165) is 63.5 Å². The number of nitrogens with one attached hydrogen (secondary N) is 4. The second-order valence-corrected chi connectivity index (χ2v) is 13.8. The molecule has 0 saturated carbocycles. The van der Waals surface area contributed by atoms with E-state index >= 15 is 0 Å². The van der Waals surface area contributed by atoms with Crippen LogP contribution in [0.5, 0.6) is 0 Å². The number of unbranched alkanes of at least 4 members (excludes halogenated alkanes) is 2. The van der Waals surface area contributed by atoms with Crippen molar-refractivity contribution in [3.63, 3.8) is 0 Å². The van der Waals surface area contributed by atoms with Crippen molar-refractivity contribution in [3.05, 3.63) is 126 Å². The lowest BCUT2D eigenvalue weighted by molar-refractivity contribution is -0.137. The van der Waals surface area contributed by atoms with E-state index in [1.54, 1.807) is 0 Å². The summed E-state index contributed by atoms with van der Waals surface area (Å²) in [6, 6.07) is 32.8. The zero-order valence-electron chi connectivity index (χ0n) is 30.4. The molecule has 1 unspecified atom stereocenters. The fourth-order valence-electron chi connectivity index (χ4n) is 6.67. The van der Waals surface area contributed by atoms with Crippen molar-refractivity contribution in [1.29, 1.82) is 0 Å². The zero-order chi connectivity index (χ0) is 37.7. The van der Waals surface area contributed by atoms with Gasteiger partial charge >= 0.3 is 0 Å². The number of rotatable bonds is 18. The van der Waals surface area contributed by atoms with Crippen LogP contribution in [0.15, 0.2) is 109 Å². The van der Waals surface area contributed by atoms with E-state index in [1.165, 1.54) is 0 Å². The molecule has 0 spiro atoms. The monoisotopic (exact) mass is 742 g/mol. The third-order valence-electron chi connectivity index (χ3n) is 9.57. The maximum absolute atomic E-state index is 14.6. The molecule has 0 bridgehead atoms. The standard InChI is InChI=1S/C42H46N8O3S/c1-2-3-11-22-50(27-30-18-20-31(21-19-30)34-14-7-8-16-36(34)40-46-48-49-47-40)42(53)38(24-32-25-43-37-17-10-9-15-35(32)37)45-39(51)26-44-41(52)33(28-54)23-29-12-5-4-6-13-29/h4-10,12-21,25,33,38,43,54H,2-3,11,22-24,26-28H2,1H3,(H,44,52)(H,45,51)(H,46,47,48,49)/t33?,38-/m0/s1. The van der Waals surface area contributed by atoms with E-state index < -0.39 is 17.9 Å². The highest BCUT2D eigenvalue weighted by Crippen LogP contribution is 2.30. The number of thiol groups is 1. The molecule has 0 radical (unpaired) electrons. The number of para-hydroxylation sites is 1. The van der Waals surface area contributed by atoms with Gasteiger partial charge in [-0.3, -0.25) is 14.4 Å². The second-order valence-electron chi connectivity index (χ2n) is 13.4. The molecular weight excluding hydrogens is 697 g/mol. The van der Waals surface area contributed by atoms with Crippen molar-refractivity contribution in [2.75, 3.05) is 18.8 Å². The van der Waals surface area contributed by atoms with Crippen LogP contribution in [0.25, 0.3) is 33.4 Å². The van der Waals surface area contributed by atoms with Gasteiger partial charge in [-0.25, -0.2) is 0 Å². The van der Waals surface area contributed by atoms with E-state index in [0.29, 0.717) is 31.1 Å². The summed E-state index contributed by atoms with van der Waals surface area (Å²) < 4.78 is 0. The van der Waals surface area contributed by atoms with Crippen LogP contribution in [-0.4, -0.2) is 73.1 Å². The number of tetrazole rings is 1. The van der Waals surface area contributed by atoms with E-state index in [1.807, 2.05) is 114 Å². The van der Waals surface area contributed by atoms with Crippen LogP contribution in [-0.2, 0) is 33.8 Å². The molecular formula is C42H46N8O3S. The highest BCUT2D eigenvalue weighted by molar-refractivity contribution is 7.80. The van der Waals surface area contributed by atoms with Crippen molar-refractivity contribution in [3.8, 4) is 22.5 Å². The van der Waals surface area contributed by atoms with Crippen molar-refractivity contribution < 1.29 is 14.4 Å². The lowest BCUT2D eigenvalue weighted by Crippen LogP contribution is -2.52. The summed E-state index contributed by atoms with van der Waals surface area (Å²) in [7, 11) is 0. The number of fused-ring (bicyclic) bond motifs is 1. The largest absolute Gasteiger partial charge is 0.361 e. The van der Waals surface area contributed by atoms with Gasteiger partial charge in [-0.05, 0) is 51.9 Å². The SMILES string of the molecule is CCCCCN(Cc1ccc(-c2ccccc2-c2nn[nH]n2)cc1)C(=O)[C@H](Cc1c[nH]c2ccccc12)NC(=O)CNC(=O)C(CS)Cc1ccccc1. The molecule has 54 heavy (non-hydrogen) atoms. The smallest absolute Gasteiger partial charge is 0.245 e. The fraction of sp³-hybridized carbons (Fsp3) is 0.286. The average Bonchev–Trinajstić information content (AvgIpc) is 3.90. The van der Waals surface area contributed by atoms with E-state index in [2.05, 4.69) is 55.8 Å². The number of benzene rings is 4. The Kier molecular flexibility index (Phi) is 13.3. The molecule has 6 rings (SSSR count). The predicted molar refractivity (Wildman–Crippen MR) is 214 cm³/mol.